The van der Waals surface area contributed by atoms with Gasteiger partial charge >= 0.3 is 24.1 Å². The van der Waals surface area contributed by atoms with Gasteiger partial charge in [-0.3, -0.25) is 0 Å². The van der Waals surface area contributed by atoms with Crippen molar-refractivity contribution in [2.75, 3.05) is 73.3 Å². The van der Waals surface area contributed by atoms with Crippen LogP contribution in [0.1, 0.15) is 79.4 Å². The maximum Gasteiger partial charge on any atom is 0.408 e. The number of hydrogen-bond donors (Lipinski definition) is 2. The summed E-state index contributed by atoms with van der Waals surface area (Å²) in [6.45, 7) is 36.9. The number of amides is 2. The maximum absolute atomic E-state index is 12.2. The zero-order valence-electron chi connectivity index (χ0n) is 42.2. The maximum atomic E-state index is 12.2. The number of carbonyl (C=O) groups excluding carboxylic acids is 4. The number of hydrogen-bond acceptors (Lipinski definition) is 16. The van der Waals surface area contributed by atoms with E-state index in [1.54, 1.807) is 27.7 Å². The van der Waals surface area contributed by atoms with Gasteiger partial charge in [0, 0.05) is 16.6 Å². The SMILES string of the molecule is C=C(C)CCC(COC(=O)C(=C)C)OC(=O)NCNC(=O)OC(COCOC(=C)C)COCOC(=C)C.C=C(C)OCOCCOc1ccc(C(C)(C)c2ccc(OCCOC(=O)C(=C)C)cc2)cc1. The van der Waals surface area contributed by atoms with E-state index in [0.29, 0.717) is 48.9 Å². The van der Waals surface area contributed by atoms with Gasteiger partial charge in [0.1, 0.15) is 44.0 Å². The third-order valence-electron chi connectivity index (χ3n) is 9.01. The number of esters is 2. The molecule has 0 radical (unpaired) electrons. The van der Waals surface area contributed by atoms with Crippen LogP contribution in [0, 0.1) is 0 Å². The zero-order valence-corrected chi connectivity index (χ0v) is 42.2. The van der Waals surface area contributed by atoms with Crippen LogP contribution in [0.5, 0.6) is 11.5 Å². The zero-order chi connectivity index (χ0) is 52.5. The topological polar surface area (TPSA) is 203 Å². The van der Waals surface area contributed by atoms with E-state index >= 15 is 0 Å². The van der Waals surface area contributed by atoms with Gasteiger partial charge in [0.05, 0.1) is 43.8 Å². The molecule has 0 bridgehead atoms. The van der Waals surface area contributed by atoms with Gasteiger partial charge in [-0.2, -0.15) is 0 Å². The third kappa shape index (κ3) is 29.2. The molecule has 2 amide bonds. The number of nitrogens with one attached hydrogen (secondary N) is 2. The third-order valence-corrected chi connectivity index (χ3v) is 9.01. The second-order valence-electron chi connectivity index (χ2n) is 16.3. The Labute approximate surface area is 413 Å². The number of allylic oxidation sites excluding steroid dienone is 4. The lowest BCUT2D eigenvalue weighted by atomic mass is 9.78. The first-order valence-electron chi connectivity index (χ1n) is 22.3. The standard InChI is InChI=1S/C27H34O6.C25H40N2O10/c1-20(2)26(28)32-18-17-31-25-13-9-23(10-14-25)27(5,6)22-7-11-24(12-8-22)30-16-15-29-19-33-21(3)4;1-17(2)9-10-21(13-33-23(28)18(3)4)36-24(29)26-14-27-25(30)37-22(11-31-15-34-19(5)6)12-32-16-35-20(7)8/h7-14H,1,3,15-19H2,2,4-6H3;21-22H,1,3,5,7,9-16H2,2,4,6,8H3,(H,26,29)(H,27,30). The fourth-order valence-corrected chi connectivity index (χ4v) is 5.15. The molecular weight excluding hydrogens is 909 g/mol. The molecule has 0 aliphatic carbocycles. The van der Waals surface area contributed by atoms with E-state index in [-0.39, 0.29) is 71.1 Å². The van der Waals surface area contributed by atoms with Crippen LogP contribution in [0.25, 0.3) is 0 Å². The van der Waals surface area contributed by atoms with Gasteiger partial charge in [-0.25, -0.2) is 19.2 Å². The van der Waals surface area contributed by atoms with Gasteiger partial charge in [0.25, 0.3) is 0 Å². The monoisotopic (exact) mass is 983 g/mol. The summed E-state index contributed by atoms with van der Waals surface area (Å²) in [5, 5.41) is 4.73. The van der Waals surface area contributed by atoms with Gasteiger partial charge in [-0.05, 0) is 89.8 Å². The van der Waals surface area contributed by atoms with Crippen molar-refractivity contribution in [1.29, 1.82) is 0 Å². The molecule has 388 valence electrons. The number of alkyl carbamates (subject to hydrolysis) is 2. The Balaban J connectivity index is 0.000000703. The van der Waals surface area contributed by atoms with Crippen molar-refractivity contribution >= 4 is 24.1 Å². The smallest absolute Gasteiger partial charge is 0.408 e. The van der Waals surface area contributed by atoms with Crippen molar-refractivity contribution in [3.8, 4) is 11.5 Å². The first-order valence-corrected chi connectivity index (χ1v) is 22.3. The summed E-state index contributed by atoms with van der Waals surface area (Å²) in [5.41, 5.74) is 3.61. The minimum absolute atomic E-state index is 0.0312. The molecule has 0 saturated heterocycles. The normalized spacial score (nSPS) is 11.0. The van der Waals surface area contributed by atoms with Crippen LogP contribution in [-0.2, 0) is 62.4 Å². The predicted molar refractivity (Wildman–Crippen MR) is 263 cm³/mol. The first kappa shape index (κ1) is 61.3. The summed E-state index contributed by atoms with van der Waals surface area (Å²) in [6.07, 6.45) is -2.22. The largest absolute Gasteiger partial charge is 0.491 e. The van der Waals surface area contributed by atoms with E-state index in [1.807, 2.05) is 43.3 Å². The average molecular weight is 983 g/mol. The molecule has 70 heavy (non-hydrogen) atoms. The van der Waals surface area contributed by atoms with Crippen molar-refractivity contribution in [3.05, 3.63) is 133 Å². The van der Waals surface area contributed by atoms with E-state index < -0.39 is 36.3 Å². The lowest BCUT2D eigenvalue weighted by Gasteiger charge is -2.26. The van der Waals surface area contributed by atoms with Crippen LogP contribution in [0.3, 0.4) is 0 Å². The van der Waals surface area contributed by atoms with Gasteiger partial charge in [-0.15, -0.1) is 6.58 Å². The van der Waals surface area contributed by atoms with Gasteiger partial charge in [-0.1, -0.05) is 76.6 Å². The van der Waals surface area contributed by atoms with Crippen molar-refractivity contribution in [2.45, 2.75) is 85.9 Å². The van der Waals surface area contributed by atoms with Crippen LogP contribution < -0.4 is 20.1 Å². The molecule has 0 aliphatic heterocycles. The summed E-state index contributed by atoms with van der Waals surface area (Å²) in [7, 11) is 0. The van der Waals surface area contributed by atoms with Crippen molar-refractivity contribution in [1.82, 2.24) is 10.6 Å². The highest BCUT2D eigenvalue weighted by Gasteiger charge is 2.24. The number of rotatable bonds is 34. The van der Waals surface area contributed by atoms with Crippen LogP contribution in [0.15, 0.2) is 122 Å². The molecule has 0 aliphatic rings. The molecular formula is C52H74N2O16. The Bertz CT molecular complexity index is 1970. The molecule has 0 spiro atoms. The molecule has 0 aromatic heterocycles. The Hall–Kier alpha value is -6.76. The Kier molecular flexibility index (Phi) is 30.2. The van der Waals surface area contributed by atoms with Gasteiger partial charge in [0.15, 0.2) is 26.5 Å². The molecule has 0 fully saturated rings. The van der Waals surface area contributed by atoms with E-state index in [1.165, 1.54) is 12.5 Å². The quantitative estimate of drug-likeness (QED) is 0.0128. The predicted octanol–water partition coefficient (Wildman–Crippen LogP) is 9.07. The second kappa shape index (κ2) is 34.5. The average Bonchev–Trinajstić information content (AvgIpc) is 3.29. The number of carbonyl (C=O) groups is 4. The Morgan fingerprint density at radius 3 is 1.36 bits per heavy atom. The number of benzene rings is 2. The summed E-state index contributed by atoms with van der Waals surface area (Å²) in [5.74, 6) is 2.07. The minimum Gasteiger partial charge on any atom is -0.491 e. The Morgan fingerprint density at radius 2 is 0.929 bits per heavy atom. The summed E-state index contributed by atoms with van der Waals surface area (Å²) >= 11 is 0. The highest BCUT2D eigenvalue weighted by Crippen LogP contribution is 2.33. The van der Waals surface area contributed by atoms with Crippen LogP contribution in [0.4, 0.5) is 9.59 Å². The molecule has 18 heteroatoms. The Morgan fingerprint density at radius 1 is 0.514 bits per heavy atom. The molecule has 2 aromatic rings. The van der Waals surface area contributed by atoms with E-state index in [2.05, 4.69) is 76.1 Å². The van der Waals surface area contributed by atoms with E-state index in [9.17, 15) is 19.2 Å². The lowest BCUT2D eigenvalue weighted by molar-refractivity contribution is -0.142. The highest BCUT2D eigenvalue weighted by molar-refractivity contribution is 5.87. The number of ether oxygens (including phenoxy) is 12. The summed E-state index contributed by atoms with van der Waals surface area (Å²) in [6, 6.07) is 16.0. The molecule has 18 nitrogen and oxygen atoms in total. The lowest BCUT2D eigenvalue weighted by Crippen LogP contribution is -2.42. The molecule has 0 heterocycles. The van der Waals surface area contributed by atoms with Crippen LogP contribution in [0.2, 0.25) is 0 Å². The van der Waals surface area contributed by atoms with Crippen LogP contribution >= 0.6 is 0 Å². The molecule has 2 rings (SSSR count). The molecule has 1 atom stereocenters. The van der Waals surface area contributed by atoms with Crippen molar-refractivity contribution in [2.24, 2.45) is 0 Å². The molecule has 1 unspecified atom stereocenters. The van der Waals surface area contributed by atoms with Gasteiger partial charge < -0.3 is 67.5 Å². The second-order valence-corrected chi connectivity index (χ2v) is 16.3. The summed E-state index contributed by atoms with van der Waals surface area (Å²) in [4.78, 5) is 47.3. The summed E-state index contributed by atoms with van der Waals surface area (Å²) < 4.78 is 63.3. The van der Waals surface area contributed by atoms with Gasteiger partial charge in [0.2, 0.25) is 0 Å². The van der Waals surface area contributed by atoms with Crippen molar-refractivity contribution in [3.63, 3.8) is 0 Å². The highest BCUT2D eigenvalue weighted by atomic mass is 16.7. The minimum atomic E-state index is -0.839. The van der Waals surface area contributed by atoms with Crippen molar-refractivity contribution < 1.29 is 76.0 Å². The first-order chi connectivity index (χ1) is 33.1. The molecule has 2 aromatic carbocycles. The van der Waals surface area contributed by atoms with E-state index in [4.69, 9.17) is 56.8 Å². The molecule has 0 saturated carbocycles. The van der Waals surface area contributed by atoms with Crippen LogP contribution in [-0.4, -0.2) is 110 Å². The fourth-order valence-electron chi connectivity index (χ4n) is 5.15. The molecule has 2 N–H and O–H groups in total. The fraction of sp³-hybridized carbons (Fsp3) is 0.462. The van der Waals surface area contributed by atoms with E-state index in [0.717, 1.165) is 22.6 Å².